The molecule has 0 aromatic carbocycles. The van der Waals surface area contributed by atoms with Crippen LogP contribution < -0.4 is 0 Å². The zero-order chi connectivity index (χ0) is 6.85. The lowest BCUT2D eigenvalue weighted by molar-refractivity contribution is -0.142. The van der Waals surface area contributed by atoms with E-state index in [-0.39, 0.29) is 3.92 Å². The molecule has 0 amide bonds. The molecule has 9 heavy (non-hydrogen) atoms. The van der Waals surface area contributed by atoms with Gasteiger partial charge in [-0.25, -0.2) is 0 Å². The first-order valence-corrected chi connectivity index (χ1v) is 4.08. The van der Waals surface area contributed by atoms with Gasteiger partial charge in [0, 0.05) is 0 Å². The zero-order valence-corrected chi connectivity index (χ0v) is 6.98. The molecular formula is C5H9IO3. The summed E-state index contributed by atoms with van der Waals surface area (Å²) in [4.78, 5) is 0. The lowest BCUT2D eigenvalue weighted by atomic mass is 10.1. The van der Waals surface area contributed by atoms with Crippen LogP contribution in [0.15, 0.2) is 0 Å². The number of halogens is 1. The lowest BCUT2D eigenvalue weighted by Gasteiger charge is -2.27. The predicted octanol–water partition coefficient (Wildman–Crippen LogP) is -0.110. The number of aliphatic hydroxyl groups is 2. The molecule has 1 rings (SSSR count). The highest BCUT2D eigenvalue weighted by Gasteiger charge is 2.28. The van der Waals surface area contributed by atoms with Gasteiger partial charge in [-0.05, 0) is 6.42 Å². The van der Waals surface area contributed by atoms with Gasteiger partial charge in [0.05, 0.1) is 16.6 Å². The molecule has 0 saturated carbocycles. The minimum atomic E-state index is -0.783. The fourth-order valence-corrected chi connectivity index (χ4v) is 1.32. The maximum Gasteiger partial charge on any atom is 0.168 e. The fraction of sp³-hybridized carbons (Fsp3) is 1.00. The van der Waals surface area contributed by atoms with Crippen LogP contribution in [0.5, 0.6) is 0 Å². The Morgan fingerprint density at radius 3 is 2.56 bits per heavy atom. The van der Waals surface area contributed by atoms with Crippen LogP contribution in [0.4, 0.5) is 0 Å². The van der Waals surface area contributed by atoms with E-state index in [1.807, 2.05) is 22.6 Å². The number of hydrogen-bond acceptors (Lipinski definition) is 3. The molecule has 1 aliphatic heterocycles. The van der Waals surface area contributed by atoms with Gasteiger partial charge in [-0.3, -0.25) is 0 Å². The minimum Gasteiger partial charge on any atom is -0.392 e. The number of rotatable bonds is 0. The van der Waals surface area contributed by atoms with Gasteiger partial charge in [-0.2, -0.15) is 0 Å². The highest BCUT2D eigenvalue weighted by atomic mass is 127. The van der Waals surface area contributed by atoms with E-state index in [0.29, 0.717) is 13.0 Å². The molecular weight excluding hydrogens is 235 g/mol. The molecule has 4 heteroatoms. The number of ether oxygens (including phenoxy) is 1. The number of alkyl halides is 1. The fourth-order valence-electron chi connectivity index (χ4n) is 0.751. The second-order valence-electron chi connectivity index (χ2n) is 2.06. The van der Waals surface area contributed by atoms with Gasteiger partial charge in [0.2, 0.25) is 0 Å². The third-order valence-electron chi connectivity index (χ3n) is 1.34. The Labute approximate surface area is 67.2 Å². The van der Waals surface area contributed by atoms with E-state index < -0.39 is 12.4 Å². The van der Waals surface area contributed by atoms with Crippen molar-refractivity contribution in [2.45, 2.75) is 22.7 Å². The topological polar surface area (TPSA) is 49.7 Å². The van der Waals surface area contributed by atoms with Crippen molar-refractivity contribution in [3.05, 3.63) is 0 Å². The van der Waals surface area contributed by atoms with Gasteiger partial charge >= 0.3 is 0 Å². The Morgan fingerprint density at radius 2 is 2.11 bits per heavy atom. The first-order valence-electron chi connectivity index (χ1n) is 2.83. The molecule has 0 aromatic rings. The molecule has 0 spiro atoms. The Balaban J connectivity index is 2.41. The van der Waals surface area contributed by atoms with Crippen LogP contribution in [-0.2, 0) is 4.74 Å². The molecule has 0 aromatic heterocycles. The summed E-state index contributed by atoms with van der Waals surface area (Å²) in [5.41, 5.74) is 0. The average Bonchev–Trinajstić information content (AvgIpc) is 1.83. The van der Waals surface area contributed by atoms with Crippen LogP contribution >= 0.6 is 22.6 Å². The van der Waals surface area contributed by atoms with Crippen LogP contribution in [-0.4, -0.2) is 33.1 Å². The quantitative estimate of drug-likeness (QED) is 0.461. The molecule has 54 valence electrons. The van der Waals surface area contributed by atoms with E-state index in [9.17, 15) is 0 Å². The smallest absolute Gasteiger partial charge is 0.168 e. The van der Waals surface area contributed by atoms with Crippen molar-refractivity contribution in [2.75, 3.05) is 6.61 Å². The van der Waals surface area contributed by atoms with Gasteiger partial charge in [-0.1, -0.05) is 22.6 Å². The van der Waals surface area contributed by atoms with Crippen molar-refractivity contribution in [3.8, 4) is 0 Å². The molecule has 1 heterocycles. The monoisotopic (exact) mass is 244 g/mol. The van der Waals surface area contributed by atoms with Crippen molar-refractivity contribution >= 4 is 22.6 Å². The maximum absolute atomic E-state index is 9.10. The third-order valence-corrected chi connectivity index (χ3v) is 2.79. The van der Waals surface area contributed by atoms with Crippen molar-refractivity contribution in [1.82, 2.24) is 0 Å². The van der Waals surface area contributed by atoms with Crippen LogP contribution in [0.3, 0.4) is 0 Å². The Hall–Kier alpha value is 0.610. The molecule has 1 aliphatic rings. The van der Waals surface area contributed by atoms with Gasteiger partial charge in [0.1, 0.15) is 0 Å². The summed E-state index contributed by atoms with van der Waals surface area (Å²) in [6.07, 6.45) is -0.561. The Morgan fingerprint density at radius 1 is 1.44 bits per heavy atom. The minimum absolute atomic E-state index is 0.170. The van der Waals surface area contributed by atoms with Crippen molar-refractivity contribution in [3.63, 3.8) is 0 Å². The van der Waals surface area contributed by atoms with Gasteiger partial charge in [-0.15, -0.1) is 0 Å². The predicted molar refractivity (Wildman–Crippen MR) is 40.4 cm³/mol. The Kier molecular flexibility index (Phi) is 2.69. The third kappa shape index (κ3) is 1.76. The van der Waals surface area contributed by atoms with Crippen LogP contribution in [0.1, 0.15) is 6.42 Å². The molecule has 3 nitrogen and oxygen atoms in total. The first kappa shape index (κ1) is 7.71. The van der Waals surface area contributed by atoms with Gasteiger partial charge in [0.25, 0.3) is 0 Å². The standard InChI is InChI=1S/C5H9IO3/c6-4-3(7)1-2-9-5(4)8/h3-5,7-8H,1-2H2/t3-,4+,5?/m0/s1. The normalized spacial score (nSPS) is 45.0. The highest BCUT2D eigenvalue weighted by Crippen LogP contribution is 2.19. The van der Waals surface area contributed by atoms with E-state index in [1.165, 1.54) is 0 Å². The summed E-state index contributed by atoms with van der Waals surface area (Å²) in [6, 6.07) is 0. The molecule has 0 bridgehead atoms. The molecule has 1 unspecified atom stereocenters. The average molecular weight is 244 g/mol. The molecule has 0 aliphatic carbocycles. The summed E-state index contributed by atoms with van der Waals surface area (Å²) in [5.74, 6) is 0. The number of aliphatic hydroxyl groups excluding tert-OH is 2. The summed E-state index contributed by atoms with van der Waals surface area (Å²) in [7, 11) is 0. The Bertz CT molecular complexity index is 88.2. The number of hydrogen-bond donors (Lipinski definition) is 2. The maximum atomic E-state index is 9.10. The highest BCUT2D eigenvalue weighted by molar-refractivity contribution is 14.1. The second-order valence-corrected chi connectivity index (χ2v) is 3.50. The first-order chi connectivity index (χ1) is 4.22. The van der Waals surface area contributed by atoms with E-state index in [0.717, 1.165) is 0 Å². The van der Waals surface area contributed by atoms with E-state index in [1.54, 1.807) is 0 Å². The molecule has 0 radical (unpaired) electrons. The van der Waals surface area contributed by atoms with Crippen LogP contribution in [0.25, 0.3) is 0 Å². The molecule has 3 atom stereocenters. The molecule has 2 N–H and O–H groups in total. The SMILES string of the molecule is OC1OCC[C@H](O)[C@H]1I. The zero-order valence-electron chi connectivity index (χ0n) is 4.83. The lowest BCUT2D eigenvalue weighted by Crippen LogP contribution is -2.40. The second kappa shape index (κ2) is 3.14. The van der Waals surface area contributed by atoms with Crippen molar-refractivity contribution in [2.24, 2.45) is 0 Å². The van der Waals surface area contributed by atoms with Crippen LogP contribution in [0.2, 0.25) is 0 Å². The largest absolute Gasteiger partial charge is 0.392 e. The van der Waals surface area contributed by atoms with Crippen LogP contribution in [0, 0.1) is 0 Å². The molecule has 1 fully saturated rings. The van der Waals surface area contributed by atoms with Crippen molar-refractivity contribution < 1.29 is 14.9 Å². The van der Waals surface area contributed by atoms with E-state index >= 15 is 0 Å². The van der Waals surface area contributed by atoms with E-state index in [2.05, 4.69) is 0 Å². The van der Waals surface area contributed by atoms with Gasteiger partial charge in [0.15, 0.2) is 6.29 Å². The summed E-state index contributed by atoms with van der Waals surface area (Å²) in [6.45, 7) is 0.460. The summed E-state index contributed by atoms with van der Waals surface area (Å²) < 4.78 is 4.68. The van der Waals surface area contributed by atoms with Gasteiger partial charge < -0.3 is 14.9 Å². The molecule has 1 saturated heterocycles. The summed E-state index contributed by atoms with van der Waals surface area (Å²) in [5, 5.41) is 18.1. The summed E-state index contributed by atoms with van der Waals surface area (Å²) >= 11 is 1.98. The van der Waals surface area contributed by atoms with Crippen molar-refractivity contribution in [1.29, 1.82) is 0 Å². The van der Waals surface area contributed by atoms with E-state index in [4.69, 9.17) is 14.9 Å².